The van der Waals surface area contributed by atoms with Crippen LogP contribution in [0.25, 0.3) is 0 Å². The number of hydrogen-bond donors (Lipinski definition) is 1. The van der Waals surface area contributed by atoms with Crippen LogP contribution in [0.3, 0.4) is 0 Å². The molecule has 0 bridgehead atoms. The number of methoxy groups -OCH3 is 1. The minimum atomic E-state index is -0.917. The van der Waals surface area contributed by atoms with Crippen LogP contribution in [0, 0.1) is 0 Å². The number of allylic oxidation sites excluding steroid dienone is 1. The number of carbonyl (C=O) groups is 2. The van der Waals surface area contributed by atoms with Crippen molar-refractivity contribution in [2.75, 3.05) is 7.11 Å². The Bertz CT molecular complexity index is 208. The zero-order valence-electron chi connectivity index (χ0n) is 8.36. The second-order valence-electron chi connectivity index (χ2n) is 2.92. The molecule has 4 heteroatoms. The Morgan fingerprint density at radius 2 is 2.00 bits per heavy atom. The highest BCUT2D eigenvalue weighted by Crippen LogP contribution is 2.04. The molecular weight excluding hydrogens is 184 g/mol. The van der Waals surface area contributed by atoms with Crippen molar-refractivity contribution in [2.45, 2.75) is 32.1 Å². The van der Waals surface area contributed by atoms with Crippen molar-refractivity contribution in [3.63, 3.8) is 0 Å². The smallest absolute Gasteiger partial charge is 0.327 e. The molecule has 0 aromatic rings. The van der Waals surface area contributed by atoms with Crippen molar-refractivity contribution >= 4 is 11.9 Å². The van der Waals surface area contributed by atoms with E-state index >= 15 is 0 Å². The third kappa shape index (κ3) is 8.77. The van der Waals surface area contributed by atoms with Crippen LogP contribution in [0.15, 0.2) is 12.2 Å². The zero-order chi connectivity index (χ0) is 10.8. The fourth-order valence-corrected chi connectivity index (χ4v) is 0.995. The lowest BCUT2D eigenvalue weighted by Gasteiger charge is -1.97. The van der Waals surface area contributed by atoms with Crippen LogP contribution in [0.2, 0.25) is 0 Å². The molecule has 0 saturated carbocycles. The van der Waals surface area contributed by atoms with Crippen LogP contribution in [0.1, 0.15) is 32.1 Å². The summed E-state index contributed by atoms with van der Waals surface area (Å²) in [4.78, 5) is 20.7. The highest BCUT2D eigenvalue weighted by atomic mass is 16.5. The van der Waals surface area contributed by atoms with Crippen LogP contribution in [-0.2, 0) is 14.3 Å². The number of esters is 1. The maximum Gasteiger partial charge on any atom is 0.327 e. The van der Waals surface area contributed by atoms with Gasteiger partial charge in [-0.2, -0.15) is 0 Å². The molecule has 0 amide bonds. The van der Waals surface area contributed by atoms with E-state index in [4.69, 9.17) is 5.11 Å². The maximum absolute atomic E-state index is 10.7. The Hall–Kier alpha value is -1.32. The summed E-state index contributed by atoms with van der Waals surface area (Å²) in [5.41, 5.74) is 0. The Balaban J connectivity index is 3.22. The molecule has 0 aromatic heterocycles. The molecule has 0 aliphatic heterocycles. The Kier molecular flexibility index (Phi) is 7.50. The first-order chi connectivity index (χ1) is 6.66. The van der Waals surface area contributed by atoms with E-state index in [0.717, 1.165) is 31.8 Å². The SMILES string of the molecule is COC(=O)CCCCC/C=C\C(=O)O. The molecule has 1 N–H and O–H groups in total. The zero-order valence-corrected chi connectivity index (χ0v) is 8.36. The summed E-state index contributed by atoms with van der Waals surface area (Å²) in [7, 11) is 1.37. The normalized spacial score (nSPS) is 10.4. The largest absolute Gasteiger partial charge is 0.478 e. The summed E-state index contributed by atoms with van der Waals surface area (Å²) >= 11 is 0. The van der Waals surface area contributed by atoms with Gasteiger partial charge in [0.25, 0.3) is 0 Å². The molecule has 14 heavy (non-hydrogen) atoms. The first-order valence-electron chi connectivity index (χ1n) is 4.63. The molecule has 0 rings (SSSR count). The predicted molar refractivity (Wildman–Crippen MR) is 51.9 cm³/mol. The number of unbranched alkanes of at least 4 members (excludes halogenated alkanes) is 3. The molecule has 0 unspecified atom stereocenters. The molecule has 0 aliphatic carbocycles. The second-order valence-corrected chi connectivity index (χ2v) is 2.92. The van der Waals surface area contributed by atoms with Crippen LogP contribution >= 0.6 is 0 Å². The van der Waals surface area contributed by atoms with Gasteiger partial charge in [0.1, 0.15) is 0 Å². The Morgan fingerprint density at radius 3 is 2.57 bits per heavy atom. The van der Waals surface area contributed by atoms with Crippen molar-refractivity contribution in [3.8, 4) is 0 Å². The van der Waals surface area contributed by atoms with Crippen molar-refractivity contribution in [3.05, 3.63) is 12.2 Å². The molecule has 0 atom stereocenters. The highest BCUT2D eigenvalue weighted by molar-refractivity contribution is 5.79. The average molecular weight is 200 g/mol. The van der Waals surface area contributed by atoms with E-state index in [9.17, 15) is 9.59 Å². The van der Waals surface area contributed by atoms with E-state index in [0.29, 0.717) is 6.42 Å². The van der Waals surface area contributed by atoms with E-state index in [1.807, 2.05) is 0 Å². The van der Waals surface area contributed by atoms with E-state index in [1.54, 1.807) is 6.08 Å². The molecule has 0 heterocycles. The molecule has 4 nitrogen and oxygen atoms in total. The van der Waals surface area contributed by atoms with Crippen LogP contribution in [0.5, 0.6) is 0 Å². The summed E-state index contributed by atoms with van der Waals surface area (Å²) in [6.07, 6.45) is 6.57. The summed E-state index contributed by atoms with van der Waals surface area (Å²) in [5.74, 6) is -1.11. The van der Waals surface area contributed by atoms with Gasteiger partial charge in [0.2, 0.25) is 0 Å². The fraction of sp³-hybridized carbons (Fsp3) is 0.600. The monoisotopic (exact) mass is 200 g/mol. The lowest BCUT2D eigenvalue weighted by Crippen LogP contribution is -1.98. The van der Waals surface area contributed by atoms with E-state index in [1.165, 1.54) is 7.11 Å². The summed E-state index contributed by atoms with van der Waals surface area (Å²) < 4.78 is 4.48. The van der Waals surface area contributed by atoms with Crippen molar-refractivity contribution < 1.29 is 19.4 Å². The summed E-state index contributed by atoms with van der Waals surface area (Å²) in [5, 5.41) is 8.27. The van der Waals surface area contributed by atoms with Gasteiger partial charge in [0, 0.05) is 12.5 Å². The van der Waals surface area contributed by atoms with Gasteiger partial charge in [-0.25, -0.2) is 4.79 Å². The molecule has 0 spiro atoms. The molecule has 80 valence electrons. The topological polar surface area (TPSA) is 63.6 Å². The van der Waals surface area contributed by atoms with Gasteiger partial charge in [0.05, 0.1) is 7.11 Å². The minimum Gasteiger partial charge on any atom is -0.478 e. The molecule has 0 aliphatic rings. The number of carboxylic acids is 1. The third-order valence-corrected chi connectivity index (χ3v) is 1.74. The first-order valence-corrected chi connectivity index (χ1v) is 4.63. The molecule has 0 saturated heterocycles. The van der Waals surface area contributed by atoms with Crippen molar-refractivity contribution in [1.82, 2.24) is 0 Å². The van der Waals surface area contributed by atoms with Crippen molar-refractivity contribution in [2.24, 2.45) is 0 Å². The van der Waals surface area contributed by atoms with Crippen LogP contribution < -0.4 is 0 Å². The minimum absolute atomic E-state index is 0.189. The third-order valence-electron chi connectivity index (χ3n) is 1.74. The predicted octanol–water partition coefficient (Wildman–Crippen LogP) is 1.75. The number of carboxylic acid groups (broad SMARTS) is 1. The van der Waals surface area contributed by atoms with Gasteiger partial charge in [-0.3, -0.25) is 4.79 Å². The molecule has 0 fully saturated rings. The lowest BCUT2D eigenvalue weighted by molar-refractivity contribution is -0.140. The van der Waals surface area contributed by atoms with Crippen molar-refractivity contribution in [1.29, 1.82) is 0 Å². The van der Waals surface area contributed by atoms with E-state index in [-0.39, 0.29) is 5.97 Å². The second kappa shape index (κ2) is 8.29. The van der Waals surface area contributed by atoms with Gasteiger partial charge >= 0.3 is 11.9 Å². The molecular formula is C10H16O4. The molecule has 0 radical (unpaired) electrons. The van der Waals surface area contributed by atoms with E-state index in [2.05, 4.69) is 4.74 Å². The van der Waals surface area contributed by atoms with Gasteiger partial charge < -0.3 is 9.84 Å². The number of carbonyl (C=O) groups excluding carboxylic acids is 1. The standard InChI is InChI=1S/C10H16O4/c1-14-10(13)8-6-4-2-3-5-7-9(11)12/h5,7H,2-4,6,8H2,1H3,(H,11,12)/b7-5-. The number of hydrogen-bond acceptors (Lipinski definition) is 3. The maximum atomic E-state index is 10.7. The molecule has 0 aromatic carbocycles. The Labute approximate surface area is 83.6 Å². The average Bonchev–Trinajstić information content (AvgIpc) is 2.15. The van der Waals surface area contributed by atoms with Gasteiger partial charge in [0.15, 0.2) is 0 Å². The summed E-state index contributed by atoms with van der Waals surface area (Å²) in [6.45, 7) is 0. The lowest BCUT2D eigenvalue weighted by atomic mass is 10.1. The fourth-order valence-electron chi connectivity index (χ4n) is 0.995. The van der Waals surface area contributed by atoms with Crippen LogP contribution in [0.4, 0.5) is 0 Å². The first kappa shape index (κ1) is 12.7. The van der Waals surface area contributed by atoms with E-state index < -0.39 is 5.97 Å². The number of ether oxygens (including phenoxy) is 1. The van der Waals surface area contributed by atoms with Gasteiger partial charge in [-0.1, -0.05) is 12.5 Å². The quantitative estimate of drug-likeness (QED) is 0.386. The van der Waals surface area contributed by atoms with Gasteiger partial charge in [-0.15, -0.1) is 0 Å². The summed E-state index contributed by atoms with van der Waals surface area (Å²) in [6, 6.07) is 0. The number of rotatable bonds is 7. The van der Waals surface area contributed by atoms with Gasteiger partial charge in [-0.05, 0) is 19.3 Å². The highest BCUT2D eigenvalue weighted by Gasteiger charge is 1.98. The number of aliphatic carboxylic acids is 1. The van der Waals surface area contributed by atoms with Crippen LogP contribution in [-0.4, -0.2) is 24.2 Å². The Morgan fingerprint density at radius 1 is 1.29 bits per heavy atom.